The van der Waals surface area contributed by atoms with Gasteiger partial charge in [0.1, 0.15) is 18.0 Å². The Hall–Kier alpha value is -3.37. The molecule has 53 heavy (non-hydrogen) atoms. The monoisotopic (exact) mass is 740 g/mol. The molecule has 0 amide bonds. The maximum absolute atomic E-state index is 12.9. The van der Waals surface area contributed by atoms with Gasteiger partial charge >= 0.3 is 11.9 Å². The van der Waals surface area contributed by atoms with Gasteiger partial charge in [0.05, 0.1) is 24.4 Å². The van der Waals surface area contributed by atoms with Crippen molar-refractivity contribution in [1.82, 2.24) is 0 Å². The van der Waals surface area contributed by atoms with E-state index in [0.29, 0.717) is 25.7 Å². The zero-order valence-corrected chi connectivity index (χ0v) is 33.9. The number of hydrogen-bond acceptors (Lipinski definition) is 9. The summed E-state index contributed by atoms with van der Waals surface area (Å²) in [5.41, 5.74) is 4.78. The lowest BCUT2D eigenvalue weighted by atomic mass is 9.89. The second-order valence-corrected chi connectivity index (χ2v) is 15.4. The molecule has 9 heteroatoms. The van der Waals surface area contributed by atoms with Gasteiger partial charge in [-0.2, -0.15) is 0 Å². The van der Waals surface area contributed by atoms with Crippen molar-refractivity contribution in [3.05, 3.63) is 82.5 Å². The lowest BCUT2D eigenvalue weighted by molar-refractivity contribution is -0.152. The summed E-state index contributed by atoms with van der Waals surface area (Å²) in [4.78, 5) is 37.0. The van der Waals surface area contributed by atoms with E-state index < -0.39 is 30.4 Å². The van der Waals surface area contributed by atoms with Crippen molar-refractivity contribution < 1.29 is 44.3 Å². The number of esters is 2. The fourth-order valence-electron chi connectivity index (χ4n) is 6.45. The smallest absolute Gasteiger partial charge is 0.331 e. The van der Waals surface area contributed by atoms with E-state index in [1.165, 1.54) is 19.1 Å². The van der Waals surface area contributed by atoms with Gasteiger partial charge in [0.15, 0.2) is 0 Å². The molecule has 0 saturated carbocycles. The van der Waals surface area contributed by atoms with E-state index in [1.807, 2.05) is 52.0 Å². The van der Waals surface area contributed by atoms with Crippen LogP contribution in [0.25, 0.3) is 0 Å². The average Bonchev–Trinajstić information content (AvgIpc) is 3.03. The number of ketones is 1. The second kappa shape index (κ2) is 24.8. The van der Waals surface area contributed by atoms with Crippen molar-refractivity contribution in [1.29, 1.82) is 0 Å². The van der Waals surface area contributed by atoms with E-state index in [-0.39, 0.29) is 54.6 Å². The van der Waals surface area contributed by atoms with Crippen molar-refractivity contribution in [3.63, 3.8) is 0 Å². The number of cyclic esters (lactones) is 1. The van der Waals surface area contributed by atoms with Gasteiger partial charge in [0.2, 0.25) is 0 Å². The third-order valence-electron chi connectivity index (χ3n) is 9.39. The van der Waals surface area contributed by atoms with E-state index in [0.717, 1.165) is 40.7 Å². The molecule has 9 atom stereocenters. The first-order valence-corrected chi connectivity index (χ1v) is 19.1. The summed E-state index contributed by atoms with van der Waals surface area (Å²) in [6, 6.07) is 0. The third-order valence-corrected chi connectivity index (χ3v) is 9.39. The normalized spacial score (nSPS) is 25.0. The summed E-state index contributed by atoms with van der Waals surface area (Å²) < 4.78 is 11.9. The molecule has 0 aromatic rings. The van der Waals surface area contributed by atoms with E-state index in [1.54, 1.807) is 26.0 Å². The minimum absolute atomic E-state index is 0.0549. The molecule has 0 aromatic heterocycles. The first kappa shape index (κ1) is 47.7. The SMILES string of the molecule is CC(=O)C[C@@H](O)[C@@H](O)/C=C(C)/C=C/C=C(C)/C=C(C)/C=C/C(=O)OC1CCCC(=O)O[C@@H]([C@@H](C)C/C(C)=C/[C@@H](C)[C@H](O)C[C@@H](C)O)C/C=C(\C)C[C@@H]1C. The van der Waals surface area contributed by atoms with Gasteiger partial charge in [-0.25, -0.2) is 4.79 Å². The Morgan fingerprint density at radius 3 is 2.25 bits per heavy atom. The number of aliphatic hydroxyl groups excluding tert-OH is 4. The van der Waals surface area contributed by atoms with Crippen LogP contribution < -0.4 is 0 Å². The quantitative estimate of drug-likeness (QED) is 0.0508. The van der Waals surface area contributed by atoms with Gasteiger partial charge in [-0.15, -0.1) is 0 Å². The van der Waals surface area contributed by atoms with Gasteiger partial charge in [-0.1, -0.05) is 97.2 Å². The number of Topliss-reactive ketones (excluding diaryl/α,β-unsaturated/α-hetero) is 1. The molecular formula is C44H68O9. The van der Waals surface area contributed by atoms with Crippen molar-refractivity contribution in [2.45, 2.75) is 157 Å². The van der Waals surface area contributed by atoms with Crippen LogP contribution in [0.15, 0.2) is 82.5 Å². The molecule has 0 saturated heterocycles. The predicted octanol–water partition coefficient (Wildman–Crippen LogP) is 7.75. The van der Waals surface area contributed by atoms with Gasteiger partial charge < -0.3 is 29.9 Å². The van der Waals surface area contributed by atoms with Gasteiger partial charge in [0, 0.05) is 31.3 Å². The topological polar surface area (TPSA) is 151 Å². The molecule has 0 spiro atoms. The van der Waals surface area contributed by atoms with Crippen LogP contribution in [0.1, 0.15) is 121 Å². The van der Waals surface area contributed by atoms with Crippen molar-refractivity contribution in [3.8, 4) is 0 Å². The minimum Gasteiger partial charge on any atom is -0.462 e. The van der Waals surface area contributed by atoms with Gasteiger partial charge in [-0.05, 0) is 92.4 Å². The number of allylic oxidation sites excluding steroid dienone is 10. The molecule has 4 N–H and O–H groups in total. The molecule has 0 aliphatic carbocycles. The van der Waals surface area contributed by atoms with Crippen LogP contribution in [0.3, 0.4) is 0 Å². The summed E-state index contributed by atoms with van der Waals surface area (Å²) in [5.74, 6) is -0.866. The molecule has 0 fully saturated rings. The average molecular weight is 741 g/mol. The highest BCUT2D eigenvalue weighted by Crippen LogP contribution is 2.27. The Kier molecular flexibility index (Phi) is 22.3. The molecule has 0 bridgehead atoms. The highest BCUT2D eigenvalue weighted by atomic mass is 16.5. The molecule has 1 aliphatic heterocycles. The van der Waals surface area contributed by atoms with Crippen molar-refractivity contribution in [2.24, 2.45) is 17.8 Å². The van der Waals surface area contributed by atoms with E-state index in [2.05, 4.69) is 26.8 Å². The Morgan fingerprint density at radius 2 is 1.60 bits per heavy atom. The molecule has 1 heterocycles. The highest BCUT2D eigenvalue weighted by Gasteiger charge is 2.26. The standard InChI is InChI=1S/C44H68O9/c1-28(13-11-14-29(2)25-39(48)40(49)27-37(10)46)21-30(3)18-20-44(51)52-41-15-12-16-43(50)53-42(19-17-31(4)22-34(41)7)35(8)24-32(5)23-33(6)38(47)26-36(9)45/h11,13-14,17-18,20-21,23,25,33-36,38-42,45,47-49H,12,15-16,19,22,24,26-27H2,1-10H3/b14-11+,20-18+,28-13+,29-25+,30-21+,31-17+,32-23+/t33-,34+,35+,36-,38-,39+,40-,41?,42-/m1/s1. The predicted molar refractivity (Wildman–Crippen MR) is 212 cm³/mol. The maximum atomic E-state index is 12.9. The fourth-order valence-corrected chi connectivity index (χ4v) is 6.45. The zero-order valence-electron chi connectivity index (χ0n) is 33.9. The van der Waals surface area contributed by atoms with Crippen LogP contribution in [0.4, 0.5) is 0 Å². The first-order chi connectivity index (χ1) is 24.8. The zero-order chi connectivity index (χ0) is 40.2. The summed E-state index contributed by atoms with van der Waals surface area (Å²) in [7, 11) is 0. The fraction of sp³-hybridized carbons (Fsp3) is 0.614. The molecule has 0 radical (unpaired) electrons. The summed E-state index contributed by atoms with van der Waals surface area (Å²) in [6.45, 7) is 18.8. The van der Waals surface area contributed by atoms with E-state index in [4.69, 9.17) is 9.47 Å². The van der Waals surface area contributed by atoms with Crippen molar-refractivity contribution >= 4 is 17.7 Å². The minimum atomic E-state index is -1.14. The van der Waals surface area contributed by atoms with Crippen molar-refractivity contribution in [2.75, 3.05) is 0 Å². The van der Waals surface area contributed by atoms with Crippen LogP contribution in [-0.2, 0) is 23.9 Å². The van der Waals surface area contributed by atoms with Gasteiger partial charge in [0.25, 0.3) is 0 Å². The number of carbonyl (C=O) groups excluding carboxylic acids is 3. The molecule has 9 nitrogen and oxygen atoms in total. The Labute approximate surface area is 318 Å². The van der Waals surface area contributed by atoms with E-state index >= 15 is 0 Å². The van der Waals surface area contributed by atoms with Crippen LogP contribution in [0.2, 0.25) is 0 Å². The third kappa shape index (κ3) is 21.2. The lowest BCUT2D eigenvalue weighted by Gasteiger charge is -2.27. The van der Waals surface area contributed by atoms with Crippen LogP contribution >= 0.6 is 0 Å². The molecule has 0 aromatic carbocycles. The molecule has 298 valence electrons. The maximum Gasteiger partial charge on any atom is 0.331 e. The second-order valence-electron chi connectivity index (χ2n) is 15.4. The summed E-state index contributed by atoms with van der Waals surface area (Å²) in [6.07, 6.45) is 15.7. The van der Waals surface area contributed by atoms with Gasteiger partial charge in [-0.3, -0.25) is 9.59 Å². The van der Waals surface area contributed by atoms with E-state index in [9.17, 15) is 34.8 Å². The Bertz CT molecular complexity index is 1390. The largest absolute Gasteiger partial charge is 0.462 e. The first-order valence-electron chi connectivity index (χ1n) is 19.1. The number of hydrogen-bond donors (Lipinski definition) is 4. The summed E-state index contributed by atoms with van der Waals surface area (Å²) >= 11 is 0. The highest BCUT2D eigenvalue weighted by molar-refractivity contribution is 5.82. The number of aliphatic hydroxyl groups is 4. The molecule has 1 aliphatic rings. The Balaban J connectivity index is 2.87. The lowest BCUT2D eigenvalue weighted by Crippen LogP contribution is -2.28. The van der Waals surface area contributed by atoms with Crippen LogP contribution in [-0.4, -0.2) is 74.8 Å². The number of rotatable bonds is 17. The molecule has 1 rings (SSSR count). The summed E-state index contributed by atoms with van der Waals surface area (Å²) in [5, 5.41) is 39.9. The molecular weight excluding hydrogens is 672 g/mol. The number of ether oxygens (including phenoxy) is 2. The Morgan fingerprint density at radius 1 is 0.925 bits per heavy atom. The number of carbonyl (C=O) groups is 3. The molecule has 1 unspecified atom stereocenters. The van der Waals surface area contributed by atoms with Crippen LogP contribution in [0.5, 0.6) is 0 Å². The van der Waals surface area contributed by atoms with Crippen LogP contribution in [0, 0.1) is 17.8 Å².